The quantitative estimate of drug-likeness (QED) is 0.125. The first kappa shape index (κ1) is 34.3. The molecule has 0 spiro atoms. The average Bonchev–Trinajstić information content (AvgIpc) is 2.74. The van der Waals surface area contributed by atoms with Crippen molar-refractivity contribution in [3.05, 3.63) is 37.4 Å². The van der Waals surface area contributed by atoms with Crippen LogP contribution in [0.1, 0.15) is 34.6 Å². The molecule has 2 aliphatic rings. The van der Waals surface area contributed by atoms with Gasteiger partial charge in [0.15, 0.2) is 11.9 Å². The third-order valence-corrected chi connectivity index (χ3v) is 10.7. The number of carbonyl (C=O) groups is 3. The number of carbonyl (C=O) groups excluding carboxylic acids is 3. The fraction of sp³-hybridized carbons (Fsp3) is 0.450. The zero-order valence-electron chi connectivity index (χ0n) is 18.7. The van der Waals surface area contributed by atoms with E-state index < -0.39 is 37.0 Å². The maximum absolute atomic E-state index is 11.4. The van der Waals surface area contributed by atoms with Crippen molar-refractivity contribution in [2.75, 3.05) is 0 Å². The number of hydrogen-bond donors (Lipinski definition) is 3. The first-order valence-corrected chi connectivity index (χ1v) is 15.8. The molecule has 0 aromatic rings. The minimum absolute atomic E-state index is 0.0270. The van der Waals surface area contributed by atoms with Crippen LogP contribution in [0.2, 0.25) is 0 Å². The summed E-state index contributed by atoms with van der Waals surface area (Å²) in [5.41, 5.74) is 0. The van der Waals surface area contributed by atoms with Gasteiger partial charge < -0.3 is 29.5 Å². The number of allylic oxidation sites excluding steroid dienone is 2. The predicted octanol–water partition coefficient (Wildman–Crippen LogP) is 6.51. The van der Waals surface area contributed by atoms with Gasteiger partial charge in [0.2, 0.25) is 0 Å². The Balaban J connectivity index is 0.000000400. The maximum Gasteiger partial charge on any atom is 0.308 e. The van der Waals surface area contributed by atoms with Gasteiger partial charge in [0, 0.05) is 20.8 Å². The van der Waals surface area contributed by atoms with E-state index in [1.807, 2.05) is 113 Å². The minimum Gasteiger partial charge on any atom is -0.510 e. The van der Waals surface area contributed by atoms with Gasteiger partial charge in [-0.2, -0.15) is 0 Å². The van der Waals surface area contributed by atoms with Crippen molar-refractivity contribution in [3.63, 3.8) is 0 Å². The SMILES string of the molecule is CC(=O)OC1=C(I)C(OC(C)=O)C(C)(I)C(OC(C)=O)=C1I.CC1(I)C(O)=C(I)C(O)=C(I)C1O. The third-order valence-electron chi connectivity index (χ3n) is 4.42. The zero-order valence-corrected chi connectivity index (χ0v) is 31.7. The first-order valence-electron chi connectivity index (χ1n) is 9.36. The molecule has 0 bridgehead atoms. The Morgan fingerprint density at radius 2 is 1.29 bits per heavy atom. The highest BCUT2D eigenvalue weighted by molar-refractivity contribution is 14.1. The molecule has 4 atom stereocenters. The highest BCUT2D eigenvalue weighted by Crippen LogP contribution is 2.50. The van der Waals surface area contributed by atoms with E-state index in [-0.39, 0.29) is 17.3 Å². The van der Waals surface area contributed by atoms with Gasteiger partial charge in [-0.1, -0.05) is 45.2 Å². The summed E-state index contributed by atoms with van der Waals surface area (Å²) < 4.78 is 16.2. The topological polar surface area (TPSA) is 140 Å². The van der Waals surface area contributed by atoms with Crippen molar-refractivity contribution in [1.29, 1.82) is 0 Å². The van der Waals surface area contributed by atoms with Gasteiger partial charge in [0.1, 0.15) is 30.2 Å². The van der Waals surface area contributed by atoms with Crippen LogP contribution < -0.4 is 0 Å². The highest BCUT2D eigenvalue weighted by atomic mass is 127. The Bertz CT molecular complexity index is 1060. The molecular weight excluding hydrogens is 1150 g/mol. The standard InChI is InChI=1S/C13H13I3O6.C7H7I3O3/c1-5(17)20-10-8(14)11(21-6(2)18)13(4,16)12(9(10)15)22-7(3)19;1-7(10)5(12)2(8)4(11)3(9)6(7)13/h11H,1-4H3;5,11-13H,1H3. The summed E-state index contributed by atoms with van der Waals surface area (Å²) in [6.07, 6.45) is -1.58. The van der Waals surface area contributed by atoms with Crippen LogP contribution in [-0.2, 0) is 28.6 Å². The Morgan fingerprint density at radius 1 is 0.800 bits per heavy atom. The molecule has 0 aromatic carbocycles. The molecule has 2 aliphatic carbocycles. The van der Waals surface area contributed by atoms with E-state index in [1.165, 1.54) is 20.8 Å². The molecule has 15 heteroatoms. The number of rotatable bonds is 3. The van der Waals surface area contributed by atoms with Crippen LogP contribution in [0.4, 0.5) is 0 Å². The number of halogens is 6. The molecule has 196 valence electrons. The summed E-state index contributed by atoms with van der Waals surface area (Å²) in [4.78, 5) is 34.1. The molecule has 0 saturated heterocycles. The molecule has 0 aliphatic heterocycles. The van der Waals surface area contributed by atoms with Crippen LogP contribution in [0.5, 0.6) is 0 Å². The largest absolute Gasteiger partial charge is 0.510 e. The Labute approximate surface area is 284 Å². The number of alkyl halides is 2. The van der Waals surface area contributed by atoms with E-state index in [1.54, 1.807) is 13.8 Å². The lowest BCUT2D eigenvalue weighted by atomic mass is 9.96. The van der Waals surface area contributed by atoms with Gasteiger partial charge in [-0.25, -0.2) is 0 Å². The van der Waals surface area contributed by atoms with Crippen LogP contribution in [-0.4, -0.2) is 52.3 Å². The Hall–Kier alpha value is 1.31. The van der Waals surface area contributed by atoms with Crippen molar-refractivity contribution < 1.29 is 43.9 Å². The monoisotopic (exact) mass is 1170 g/mol. The van der Waals surface area contributed by atoms with Crippen LogP contribution in [0.3, 0.4) is 0 Å². The molecule has 0 amide bonds. The number of hydrogen-bond acceptors (Lipinski definition) is 9. The second-order valence-electron chi connectivity index (χ2n) is 7.41. The van der Waals surface area contributed by atoms with Gasteiger partial charge in [0.05, 0.1) is 14.3 Å². The zero-order chi connectivity index (χ0) is 27.6. The van der Waals surface area contributed by atoms with E-state index in [4.69, 9.17) is 14.2 Å². The van der Waals surface area contributed by atoms with Crippen molar-refractivity contribution in [2.45, 2.75) is 53.7 Å². The van der Waals surface area contributed by atoms with Crippen LogP contribution in [0, 0.1) is 0 Å². The summed E-state index contributed by atoms with van der Waals surface area (Å²) in [5, 5.41) is 28.9. The Morgan fingerprint density at radius 3 is 1.71 bits per heavy atom. The fourth-order valence-corrected chi connectivity index (χ4v) is 11.3. The highest BCUT2D eigenvalue weighted by Gasteiger charge is 2.49. The molecular formula is C20H20I6O9. The summed E-state index contributed by atoms with van der Waals surface area (Å²) in [7, 11) is 0. The summed E-state index contributed by atoms with van der Waals surface area (Å²) >= 11 is 11.7. The number of ether oxygens (including phenoxy) is 3. The molecule has 3 N–H and O–H groups in total. The predicted molar refractivity (Wildman–Crippen MR) is 179 cm³/mol. The van der Waals surface area contributed by atoms with Crippen molar-refractivity contribution in [2.24, 2.45) is 0 Å². The van der Waals surface area contributed by atoms with Crippen LogP contribution in [0.25, 0.3) is 0 Å². The second-order valence-corrected chi connectivity index (χ2v) is 16.4. The second kappa shape index (κ2) is 13.6. The normalized spacial score (nSPS) is 28.9. The molecule has 35 heavy (non-hydrogen) atoms. The molecule has 0 heterocycles. The van der Waals surface area contributed by atoms with Gasteiger partial charge in [-0.05, 0) is 104 Å². The molecule has 0 fully saturated rings. The van der Waals surface area contributed by atoms with E-state index in [9.17, 15) is 29.7 Å². The maximum atomic E-state index is 11.4. The molecule has 2 rings (SSSR count). The summed E-state index contributed by atoms with van der Waals surface area (Å²) in [5.74, 6) is -0.968. The van der Waals surface area contributed by atoms with E-state index >= 15 is 0 Å². The lowest BCUT2D eigenvalue weighted by Crippen LogP contribution is -2.43. The van der Waals surface area contributed by atoms with E-state index in [0.29, 0.717) is 20.1 Å². The minimum atomic E-state index is -0.854. The van der Waals surface area contributed by atoms with E-state index in [2.05, 4.69) is 22.6 Å². The number of esters is 3. The van der Waals surface area contributed by atoms with Gasteiger partial charge in [-0.15, -0.1) is 0 Å². The molecule has 0 aromatic heterocycles. The number of aliphatic hydroxyl groups is 3. The molecule has 0 saturated carbocycles. The van der Waals surface area contributed by atoms with Gasteiger partial charge >= 0.3 is 17.9 Å². The van der Waals surface area contributed by atoms with Crippen molar-refractivity contribution >= 4 is 153 Å². The van der Waals surface area contributed by atoms with Crippen LogP contribution in [0.15, 0.2) is 37.4 Å². The third kappa shape index (κ3) is 8.16. The van der Waals surface area contributed by atoms with Crippen LogP contribution >= 0.6 is 136 Å². The van der Waals surface area contributed by atoms with Crippen molar-refractivity contribution in [1.82, 2.24) is 0 Å². The Kier molecular flexibility index (Phi) is 13.3. The fourth-order valence-electron chi connectivity index (χ4n) is 2.68. The lowest BCUT2D eigenvalue weighted by molar-refractivity contribution is -0.145. The average molecular weight is 1170 g/mol. The van der Waals surface area contributed by atoms with Gasteiger partial charge in [-0.3, -0.25) is 14.4 Å². The summed E-state index contributed by atoms with van der Waals surface area (Å²) in [6.45, 7) is 7.33. The van der Waals surface area contributed by atoms with Crippen molar-refractivity contribution in [3.8, 4) is 0 Å². The molecule has 9 nitrogen and oxygen atoms in total. The molecule has 4 unspecified atom stereocenters. The van der Waals surface area contributed by atoms with Gasteiger partial charge in [0.25, 0.3) is 0 Å². The van der Waals surface area contributed by atoms with E-state index in [0.717, 1.165) is 0 Å². The number of aliphatic hydroxyl groups excluding tert-OH is 3. The lowest BCUT2D eigenvalue weighted by Gasteiger charge is -2.37. The molecule has 0 radical (unpaired) electrons. The first-order chi connectivity index (χ1) is 15.8. The smallest absolute Gasteiger partial charge is 0.308 e. The summed E-state index contributed by atoms with van der Waals surface area (Å²) in [6, 6.07) is 0.